The number of halogens is 1. The third-order valence-corrected chi connectivity index (χ3v) is 2.21. The van der Waals surface area contributed by atoms with Gasteiger partial charge in [-0.25, -0.2) is 0 Å². The van der Waals surface area contributed by atoms with Gasteiger partial charge in [0.15, 0.2) is 0 Å². The van der Waals surface area contributed by atoms with Crippen molar-refractivity contribution in [2.45, 2.75) is 78.1 Å². The Kier molecular flexibility index (Phi) is 47.7. The van der Waals surface area contributed by atoms with Crippen LogP contribution in [0.15, 0.2) is 0 Å². The summed E-state index contributed by atoms with van der Waals surface area (Å²) in [6.07, 6.45) is 13.0. The first-order valence-electron chi connectivity index (χ1n) is 6.41. The molecule has 16 heavy (non-hydrogen) atoms. The third kappa shape index (κ3) is 36.3. The Morgan fingerprint density at radius 1 is 0.625 bits per heavy atom. The average Bonchev–Trinajstić information content (AvgIpc) is 2.21. The fourth-order valence-electron chi connectivity index (χ4n) is 1.21. The molecule has 0 aromatic heterocycles. The van der Waals surface area contributed by atoms with E-state index in [2.05, 4.69) is 27.7 Å². The van der Waals surface area contributed by atoms with Crippen LogP contribution in [0.1, 0.15) is 78.1 Å². The first kappa shape index (κ1) is 25.7. The Morgan fingerprint density at radius 2 is 0.938 bits per heavy atom. The van der Waals surface area contributed by atoms with E-state index in [0.717, 1.165) is 12.8 Å². The number of hydrogen-bond donors (Lipinski definition) is 0. The van der Waals surface area contributed by atoms with E-state index in [1.165, 1.54) is 51.4 Å². The monoisotopic (exact) mass is 298 g/mol. The first-order valence-corrected chi connectivity index (χ1v) is 6.41. The zero-order valence-corrected chi connectivity index (χ0v) is 15.4. The maximum atomic E-state index is 3.76. The van der Waals surface area contributed by atoms with E-state index in [9.17, 15) is 0 Å². The second-order valence-corrected chi connectivity index (χ2v) is 3.83. The van der Waals surface area contributed by atoms with Gasteiger partial charge < -0.3 is 13.8 Å². The molecule has 0 nitrogen and oxygen atoms in total. The summed E-state index contributed by atoms with van der Waals surface area (Å²) in [5.74, 6) is 0. The number of hydrogen-bond acceptors (Lipinski definition) is 0. The van der Waals surface area contributed by atoms with Gasteiger partial charge >= 0.3 is 19.5 Å². The summed E-state index contributed by atoms with van der Waals surface area (Å²) < 4.78 is 0. The van der Waals surface area contributed by atoms with Crippen LogP contribution in [0, 0.1) is 13.8 Å². The van der Waals surface area contributed by atoms with Crippen molar-refractivity contribution in [3.63, 3.8) is 0 Å². The van der Waals surface area contributed by atoms with E-state index in [1.54, 1.807) is 0 Å². The molecule has 0 radical (unpaired) electrons. The topological polar surface area (TPSA) is 0 Å². The molecule has 0 aliphatic carbocycles. The van der Waals surface area contributed by atoms with Gasteiger partial charge in [0.2, 0.25) is 0 Å². The molecule has 0 aliphatic rings. The quantitative estimate of drug-likeness (QED) is 0.293. The molecule has 0 amide bonds. The van der Waals surface area contributed by atoms with Crippen molar-refractivity contribution in [2.24, 2.45) is 0 Å². The van der Waals surface area contributed by atoms with Crippen LogP contribution in [0.25, 0.3) is 0 Å². The van der Waals surface area contributed by atoms with Gasteiger partial charge in [0.25, 0.3) is 0 Å². The molecular weight excluding hydrogens is 269 g/mol. The van der Waals surface area contributed by atoms with Crippen molar-refractivity contribution in [1.82, 2.24) is 0 Å². The zero-order chi connectivity index (χ0) is 11.1. The van der Waals surface area contributed by atoms with Gasteiger partial charge in [0.05, 0.1) is 0 Å². The Labute approximate surface area is 124 Å². The molecule has 0 spiro atoms. The first-order chi connectivity index (χ1) is 6.83. The summed E-state index contributed by atoms with van der Waals surface area (Å²) in [6, 6.07) is 0. The van der Waals surface area contributed by atoms with E-state index in [-0.39, 0.29) is 31.9 Å². The van der Waals surface area contributed by atoms with Crippen molar-refractivity contribution < 1.29 is 19.5 Å². The Morgan fingerprint density at radius 3 is 1.12 bits per heavy atom. The van der Waals surface area contributed by atoms with Gasteiger partial charge in [0.1, 0.15) is 0 Å². The molecule has 0 fully saturated rings. The molecule has 96 valence electrons. The van der Waals surface area contributed by atoms with Gasteiger partial charge in [0, 0.05) is 0 Å². The van der Waals surface area contributed by atoms with Crippen LogP contribution < -0.4 is 0 Å². The second-order valence-electron chi connectivity index (χ2n) is 3.83. The van der Waals surface area contributed by atoms with E-state index >= 15 is 0 Å². The second kappa shape index (κ2) is 29.7. The Balaban J connectivity index is -0.0000000800. The fourth-order valence-corrected chi connectivity index (χ4v) is 1.21. The third-order valence-electron chi connectivity index (χ3n) is 2.21. The van der Waals surface area contributed by atoms with Crippen molar-refractivity contribution >= 4 is 12.4 Å². The molecule has 0 aliphatic heterocycles. The van der Waals surface area contributed by atoms with Crippen LogP contribution in [0.5, 0.6) is 0 Å². The molecule has 0 saturated heterocycles. The smallest absolute Gasteiger partial charge is 0.343 e. The van der Waals surface area contributed by atoms with Crippen LogP contribution >= 0.6 is 12.4 Å². The van der Waals surface area contributed by atoms with Crippen molar-refractivity contribution in [2.75, 3.05) is 0 Å². The van der Waals surface area contributed by atoms with E-state index in [4.69, 9.17) is 0 Å². The van der Waals surface area contributed by atoms with Crippen LogP contribution in [0.3, 0.4) is 0 Å². The van der Waals surface area contributed by atoms with E-state index in [0.29, 0.717) is 0 Å². The minimum absolute atomic E-state index is 0. The largest absolute Gasteiger partial charge is 2.00 e. The zero-order valence-electron chi connectivity index (χ0n) is 11.6. The molecule has 0 N–H and O–H groups in total. The molecule has 0 heterocycles. The van der Waals surface area contributed by atoms with Gasteiger partial charge in [-0.2, -0.15) is 12.8 Å². The molecular formula is C14H31ClZn. The predicted molar refractivity (Wildman–Crippen MR) is 75.5 cm³/mol. The van der Waals surface area contributed by atoms with Gasteiger partial charge in [-0.05, 0) is 0 Å². The Bertz CT molecular complexity index is 59.1. The van der Waals surface area contributed by atoms with Crippen molar-refractivity contribution in [3.05, 3.63) is 13.8 Å². The van der Waals surface area contributed by atoms with E-state index < -0.39 is 0 Å². The van der Waals surface area contributed by atoms with E-state index in [1.807, 2.05) is 0 Å². The molecule has 0 saturated carbocycles. The molecule has 0 unspecified atom stereocenters. The SMILES string of the molecule is Cl.[CH2-]CCCCCC.[CH2-]CCCCCC.[Zn+2]. The van der Waals surface area contributed by atoms with Gasteiger partial charge in [-0.1, -0.05) is 65.2 Å². The molecule has 0 aromatic carbocycles. The summed E-state index contributed by atoms with van der Waals surface area (Å²) in [5.41, 5.74) is 0. The molecule has 2 heteroatoms. The van der Waals surface area contributed by atoms with Gasteiger partial charge in [-0.15, -0.1) is 12.4 Å². The molecule has 0 aromatic rings. The minimum atomic E-state index is 0. The summed E-state index contributed by atoms with van der Waals surface area (Å²) in [4.78, 5) is 0. The van der Waals surface area contributed by atoms with Crippen LogP contribution in [0.4, 0.5) is 0 Å². The van der Waals surface area contributed by atoms with Crippen molar-refractivity contribution in [1.29, 1.82) is 0 Å². The summed E-state index contributed by atoms with van der Waals surface area (Å²) in [6.45, 7) is 12.0. The number of rotatable bonds is 8. The Hall–Kier alpha value is 0.913. The van der Waals surface area contributed by atoms with Crippen molar-refractivity contribution in [3.8, 4) is 0 Å². The standard InChI is InChI=1S/2C7H15.ClH.Zn/c2*1-3-5-7-6-4-2;;/h2*1,3-7H2,2H3;1H;/q2*-1;;+2. The predicted octanol–water partition coefficient (Wildman–Crippen LogP) is 6.00. The molecule has 0 atom stereocenters. The molecule has 0 bridgehead atoms. The normalized spacial score (nSPS) is 8.25. The average molecular weight is 300 g/mol. The minimum Gasteiger partial charge on any atom is -0.343 e. The summed E-state index contributed by atoms with van der Waals surface area (Å²) in [5, 5.41) is 0. The van der Waals surface area contributed by atoms with Crippen LogP contribution in [-0.2, 0) is 19.5 Å². The maximum absolute atomic E-state index is 3.76. The number of unbranched alkanes of at least 4 members (excludes halogenated alkanes) is 8. The summed E-state index contributed by atoms with van der Waals surface area (Å²) in [7, 11) is 0. The van der Waals surface area contributed by atoms with Crippen LogP contribution in [0.2, 0.25) is 0 Å². The van der Waals surface area contributed by atoms with Crippen LogP contribution in [-0.4, -0.2) is 0 Å². The molecule has 0 rings (SSSR count). The summed E-state index contributed by atoms with van der Waals surface area (Å²) >= 11 is 0. The van der Waals surface area contributed by atoms with Gasteiger partial charge in [-0.3, -0.25) is 0 Å². The maximum Gasteiger partial charge on any atom is 2.00 e. The fraction of sp³-hybridized carbons (Fsp3) is 0.857.